The van der Waals surface area contributed by atoms with E-state index in [2.05, 4.69) is 6.07 Å². The van der Waals surface area contributed by atoms with E-state index < -0.39 is 21.5 Å². The van der Waals surface area contributed by atoms with Gasteiger partial charge in [0.2, 0.25) is 10.0 Å². The lowest BCUT2D eigenvalue weighted by atomic mass is 9.86. The highest BCUT2D eigenvalue weighted by Crippen LogP contribution is 2.31. The number of nitrogens with zero attached hydrogens (tertiary/aromatic N) is 2. The van der Waals surface area contributed by atoms with Crippen LogP contribution in [0.5, 0.6) is 0 Å². The third-order valence-electron chi connectivity index (χ3n) is 5.09. The molecular weight excluding hydrogens is 378 g/mol. The van der Waals surface area contributed by atoms with Gasteiger partial charge in [0.15, 0.2) is 5.60 Å². The summed E-state index contributed by atoms with van der Waals surface area (Å²) >= 11 is 0. The van der Waals surface area contributed by atoms with Crippen LogP contribution in [0.4, 0.5) is 0 Å². The van der Waals surface area contributed by atoms with Crippen molar-refractivity contribution in [2.24, 2.45) is 11.7 Å². The maximum Gasteiger partial charge on any atom is 0.258 e. The highest BCUT2D eigenvalue weighted by molar-refractivity contribution is 7.89. The van der Waals surface area contributed by atoms with E-state index in [0.717, 1.165) is 0 Å². The molecule has 1 atom stereocenters. The van der Waals surface area contributed by atoms with E-state index in [1.165, 1.54) is 28.6 Å². The van der Waals surface area contributed by atoms with Crippen molar-refractivity contribution >= 4 is 15.9 Å². The number of hydrogen-bond acceptors (Lipinski definition) is 5. The zero-order chi connectivity index (χ0) is 20.4. The quantitative estimate of drug-likeness (QED) is 0.785. The largest absolute Gasteiger partial charge is 0.372 e. The second-order valence-corrected chi connectivity index (χ2v) is 8.71. The number of aliphatic hydroxyl groups is 1. The number of primary amides is 1. The first-order valence-electron chi connectivity index (χ1n) is 8.88. The normalized spacial score (nSPS) is 18.1. The molecular formula is C20H21N3O4S. The Hall–Kier alpha value is -2.73. The summed E-state index contributed by atoms with van der Waals surface area (Å²) in [4.78, 5) is 12.1. The fourth-order valence-corrected chi connectivity index (χ4v) is 4.84. The number of hydrogen-bond donors (Lipinski definition) is 2. The molecule has 2 aromatic rings. The van der Waals surface area contributed by atoms with Gasteiger partial charge in [-0.15, -0.1) is 0 Å². The molecule has 0 saturated carbocycles. The van der Waals surface area contributed by atoms with Crippen LogP contribution in [0.1, 0.15) is 24.0 Å². The first kappa shape index (κ1) is 20.0. The lowest BCUT2D eigenvalue weighted by Crippen LogP contribution is -2.42. The van der Waals surface area contributed by atoms with Crippen LogP contribution in [-0.2, 0) is 20.4 Å². The van der Waals surface area contributed by atoms with Crippen molar-refractivity contribution in [3.8, 4) is 6.07 Å². The molecule has 0 aromatic heterocycles. The molecule has 1 unspecified atom stereocenters. The topological polar surface area (TPSA) is 124 Å². The van der Waals surface area contributed by atoms with E-state index in [9.17, 15) is 18.3 Å². The van der Waals surface area contributed by atoms with Crippen LogP contribution < -0.4 is 5.73 Å². The molecule has 1 fully saturated rings. The highest BCUT2D eigenvalue weighted by atomic mass is 32.2. The van der Waals surface area contributed by atoms with Crippen molar-refractivity contribution in [1.82, 2.24) is 4.31 Å². The second-order valence-electron chi connectivity index (χ2n) is 6.77. The molecule has 8 heteroatoms. The lowest BCUT2D eigenvalue weighted by Gasteiger charge is -2.29. The van der Waals surface area contributed by atoms with E-state index in [-0.39, 0.29) is 29.5 Å². The van der Waals surface area contributed by atoms with Gasteiger partial charge in [-0.3, -0.25) is 4.79 Å². The third-order valence-corrected chi connectivity index (χ3v) is 7.01. The molecule has 0 aliphatic carbocycles. The fourth-order valence-electron chi connectivity index (χ4n) is 3.37. The van der Waals surface area contributed by atoms with Gasteiger partial charge in [0, 0.05) is 19.0 Å². The van der Waals surface area contributed by atoms with Gasteiger partial charge in [-0.25, -0.2) is 8.42 Å². The van der Waals surface area contributed by atoms with Crippen molar-refractivity contribution in [2.75, 3.05) is 13.1 Å². The Kier molecular flexibility index (Phi) is 5.52. The van der Waals surface area contributed by atoms with Crippen LogP contribution in [0, 0.1) is 17.2 Å². The number of carbonyl (C=O) groups excluding carboxylic acids is 1. The Bertz CT molecular complexity index is 992. The van der Waals surface area contributed by atoms with Gasteiger partial charge in [-0.1, -0.05) is 42.5 Å². The molecule has 7 nitrogen and oxygen atoms in total. The van der Waals surface area contributed by atoms with Gasteiger partial charge in [-0.05, 0) is 36.1 Å². The summed E-state index contributed by atoms with van der Waals surface area (Å²) in [6, 6.07) is 15.9. The van der Waals surface area contributed by atoms with Gasteiger partial charge in [-0.2, -0.15) is 9.57 Å². The highest BCUT2D eigenvalue weighted by Gasteiger charge is 2.38. The molecule has 28 heavy (non-hydrogen) atoms. The molecule has 1 amide bonds. The molecule has 3 N–H and O–H groups in total. The summed E-state index contributed by atoms with van der Waals surface area (Å²) in [5.41, 5.74) is 3.89. The Morgan fingerprint density at radius 1 is 1.07 bits per heavy atom. The van der Waals surface area contributed by atoms with Gasteiger partial charge < -0.3 is 10.8 Å². The molecule has 3 rings (SSSR count). The first-order valence-corrected chi connectivity index (χ1v) is 10.3. The maximum absolute atomic E-state index is 12.8. The zero-order valence-corrected chi connectivity index (χ0v) is 16.0. The lowest BCUT2D eigenvalue weighted by molar-refractivity contribution is -0.133. The minimum absolute atomic E-state index is 0.0616. The van der Waals surface area contributed by atoms with E-state index in [0.29, 0.717) is 18.4 Å². The van der Waals surface area contributed by atoms with Gasteiger partial charge >= 0.3 is 0 Å². The number of nitrogens with two attached hydrogens (primary N) is 1. The Labute approximate surface area is 164 Å². The zero-order valence-electron chi connectivity index (χ0n) is 15.2. The molecule has 1 heterocycles. The van der Waals surface area contributed by atoms with Crippen LogP contribution >= 0.6 is 0 Å². The van der Waals surface area contributed by atoms with E-state index in [1.54, 1.807) is 30.3 Å². The van der Waals surface area contributed by atoms with E-state index in [4.69, 9.17) is 11.0 Å². The maximum atomic E-state index is 12.8. The summed E-state index contributed by atoms with van der Waals surface area (Å²) in [5, 5.41) is 19.9. The molecule has 146 valence electrons. The average Bonchev–Trinajstić information content (AvgIpc) is 2.73. The third kappa shape index (κ3) is 3.52. The van der Waals surface area contributed by atoms with Crippen molar-refractivity contribution in [3.05, 3.63) is 65.7 Å². The Morgan fingerprint density at radius 3 is 2.11 bits per heavy atom. The molecule has 1 saturated heterocycles. The second kappa shape index (κ2) is 7.72. The van der Waals surface area contributed by atoms with Crippen molar-refractivity contribution in [1.29, 1.82) is 5.26 Å². The molecule has 0 bridgehead atoms. The predicted octanol–water partition coefficient (Wildman–Crippen LogP) is 1.33. The SMILES string of the molecule is N#CC1CCN(S(=O)(=O)c2ccc(C(O)(C(N)=O)c3ccccc3)cc2)CC1. The predicted molar refractivity (Wildman–Crippen MR) is 102 cm³/mol. The Balaban J connectivity index is 1.90. The number of rotatable bonds is 5. The van der Waals surface area contributed by atoms with Crippen LogP contribution in [0.25, 0.3) is 0 Å². The van der Waals surface area contributed by atoms with Crippen LogP contribution in [0.15, 0.2) is 59.5 Å². The van der Waals surface area contributed by atoms with Crippen LogP contribution in [0.2, 0.25) is 0 Å². The minimum Gasteiger partial charge on any atom is -0.372 e. The minimum atomic E-state index is -3.71. The summed E-state index contributed by atoms with van der Waals surface area (Å²) < 4.78 is 27.0. The van der Waals surface area contributed by atoms with Crippen molar-refractivity contribution in [3.63, 3.8) is 0 Å². The number of piperidine rings is 1. The molecule has 0 radical (unpaired) electrons. The summed E-state index contributed by atoms with van der Waals surface area (Å²) in [6.45, 7) is 0.578. The number of sulfonamides is 1. The summed E-state index contributed by atoms with van der Waals surface area (Å²) in [7, 11) is -3.71. The molecule has 0 spiro atoms. The van der Waals surface area contributed by atoms with Gasteiger partial charge in [0.05, 0.1) is 11.0 Å². The Morgan fingerprint density at radius 2 is 1.61 bits per heavy atom. The number of carbonyl (C=O) groups is 1. The standard InChI is InChI=1S/C20H21N3O4S/c21-14-15-10-12-23(13-11-15)28(26,27)18-8-6-17(7-9-18)20(25,19(22)24)16-4-2-1-3-5-16/h1-9,15,25H,10-13H2,(H2,22,24). The van der Waals surface area contributed by atoms with Crippen molar-refractivity contribution in [2.45, 2.75) is 23.3 Å². The number of amides is 1. The van der Waals surface area contributed by atoms with Crippen LogP contribution in [0.3, 0.4) is 0 Å². The van der Waals surface area contributed by atoms with Gasteiger partial charge in [0.1, 0.15) is 0 Å². The van der Waals surface area contributed by atoms with Crippen molar-refractivity contribution < 1.29 is 18.3 Å². The average molecular weight is 399 g/mol. The molecule has 1 aliphatic heterocycles. The fraction of sp³-hybridized carbons (Fsp3) is 0.300. The summed E-state index contributed by atoms with van der Waals surface area (Å²) in [5.74, 6) is -1.07. The number of benzene rings is 2. The number of nitriles is 1. The molecule has 1 aliphatic rings. The van der Waals surface area contributed by atoms with E-state index >= 15 is 0 Å². The van der Waals surface area contributed by atoms with Gasteiger partial charge in [0.25, 0.3) is 5.91 Å². The van der Waals surface area contributed by atoms with Crippen LogP contribution in [-0.4, -0.2) is 36.8 Å². The summed E-state index contributed by atoms with van der Waals surface area (Å²) in [6.07, 6.45) is 1.01. The first-order chi connectivity index (χ1) is 13.3. The molecule has 2 aromatic carbocycles. The monoisotopic (exact) mass is 399 g/mol. The van der Waals surface area contributed by atoms with E-state index in [1.807, 2.05) is 0 Å². The smallest absolute Gasteiger partial charge is 0.258 e.